The summed E-state index contributed by atoms with van der Waals surface area (Å²) in [7, 11) is 0. The standard InChI is InChI=1S/C14H15ClFN3O/c1-2-5-17-7-10-8-18-9-14(19-10)20-11-3-4-13(16)12(15)6-11/h3-4,6,8-9,17H,2,5,7H2,1H3. The van der Waals surface area contributed by atoms with E-state index in [1.165, 1.54) is 24.4 Å². The maximum absolute atomic E-state index is 13.1. The molecule has 0 amide bonds. The lowest BCUT2D eigenvalue weighted by atomic mass is 10.3. The summed E-state index contributed by atoms with van der Waals surface area (Å²) < 4.78 is 18.6. The van der Waals surface area contributed by atoms with Crippen LogP contribution in [0.25, 0.3) is 0 Å². The molecule has 0 unspecified atom stereocenters. The van der Waals surface area contributed by atoms with Gasteiger partial charge in [0, 0.05) is 18.8 Å². The van der Waals surface area contributed by atoms with Crippen molar-refractivity contribution >= 4 is 11.6 Å². The lowest BCUT2D eigenvalue weighted by Gasteiger charge is -2.07. The normalized spacial score (nSPS) is 10.6. The minimum Gasteiger partial charge on any atom is -0.437 e. The second kappa shape index (κ2) is 7.17. The molecule has 2 aromatic rings. The predicted molar refractivity (Wildman–Crippen MR) is 75.5 cm³/mol. The predicted octanol–water partition coefficient (Wildman–Crippen LogP) is 3.56. The Bertz CT molecular complexity index is 580. The lowest BCUT2D eigenvalue weighted by molar-refractivity contribution is 0.454. The number of nitrogens with zero attached hydrogens (tertiary/aromatic N) is 2. The molecule has 106 valence electrons. The van der Waals surface area contributed by atoms with Crippen LogP contribution in [0.1, 0.15) is 19.0 Å². The van der Waals surface area contributed by atoms with Gasteiger partial charge >= 0.3 is 0 Å². The molecule has 20 heavy (non-hydrogen) atoms. The highest BCUT2D eigenvalue weighted by molar-refractivity contribution is 6.30. The number of rotatable bonds is 6. The molecule has 6 heteroatoms. The molecule has 0 saturated carbocycles. The molecule has 0 atom stereocenters. The second-order valence-electron chi connectivity index (χ2n) is 4.20. The highest BCUT2D eigenvalue weighted by Crippen LogP contribution is 2.24. The van der Waals surface area contributed by atoms with Crippen molar-refractivity contribution in [3.63, 3.8) is 0 Å². The Morgan fingerprint density at radius 1 is 1.35 bits per heavy atom. The van der Waals surface area contributed by atoms with Crippen molar-refractivity contribution < 1.29 is 9.13 Å². The second-order valence-corrected chi connectivity index (χ2v) is 4.61. The summed E-state index contributed by atoms with van der Waals surface area (Å²) in [5, 5.41) is 3.24. The summed E-state index contributed by atoms with van der Waals surface area (Å²) in [5.41, 5.74) is 0.782. The summed E-state index contributed by atoms with van der Waals surface area (Å²) in [4.78, 5) is 8.37. The van der Waals surface area contributed by atoms with Crippen LogP contribution in [0.5, 0.6) is 11.6 Å². The van der Waals surface area contributed by atoms with Crippen molar-refractivity contribution in [2.24, 2.45) is 0 Å². The Labute approximate surface area is 122 Å². The van der Waals surface area contributed by atoms with Crippen molar-refractivity contribution in [1.82, 2.24) is 15.3 Å². The molecule has 4 nitrogen and oxygen atoms in total. The molecular formula is C14H15ClFN3O. The fourth-order valence-corrected chi connectivity index (χ4v) is 1.75. The van der Waals surface area contributed by atoms with Crippen LogP contribution in [0.3, 0.4) is 0 Å². The summed E-state index contributed by atoms with van der Waals surface area (Å²) in [6, 6.07) is 4.14. The quantitative estimate of drug-likeness (QED) is 0.828. The Balaban J connectivity index is 2.05. The SMILES string of the molecule is CCCNCc1cncc(Oc2ccc(F)c(Cl)c2)n1. The van der Waals surface area contributed by atoms with Crippen LogP contribution in [0, 0.1) is 5.82 Å². The van der Waals surface area contributed by atoms with Crippen molar-refractivity contribution in [2.45, 2.75) is 19.9 Å². The molecular weight excluding hydrogens is 281 g/mol. The topological polar surface area (TPSA) is 47.0 Å². The third kappa shape index (κ3) is 4.15. The van der Waals surface area contributed by atoms with Crippen molar-refractivity contribution in [3.05, 3.63) is 47.1 Å². The van der Waals surface area contributed by atoms with Crippen LogP contribution in [0.4, 0.5) is 4.39 Å². The number of benzene rings is 1. The third-order valence-electron chi connectivity index (χ3n) is 2.51. The molecule has 0 aliphatic heterocycles. The maximum atomic E-state index is 13.1. The van der Waals surface area contributed by atoms with Gasteiger partial charge in [0.1, 0.15) is 11.6 Å². The largest absolute Gasteiger partial charge is 0.437 e. The Hall–Kier alpha value is -1.72. The maximum Gasteiger partial charge on any atom is 0.238 e. The van der Waals surface area contributed by atoms with E-state index in [0.717, 1.165) is 18.7 Å². The van der Waals surface area contributed by atoms with Crippen LogP contribution >= 0.6 is 11.6 Å². The van der Waals surface area contributed by atoms with Gasteiger partial charge in [-0.05, 0) is 25.1 Å². The summed E-state index contributed by atoms with van der Waals surface area (Å²) in [5.74, 6) is 0.287. The summed E-state index contributed by atoms with van der Waals surface area (Å²) in [6.45, 7) is 3.64. The summed E-state index contributed by atoms with van der Waals surface area (Å²) in [6.07, 6.45) is 4.23. The van der Waals surface area contributed by atoms with E-state index in [4.69, 9.17) is 16.3 Å². The smallest absolute Gasteiger partial charge is 0.238 e. The van der Waals surface area contributed by atoms with Crippen LogP contribution in [-0.4, -0.2) is 16.5 Å². The van der Waals surface area contributed by atoms with Crippen molar-refractivity contribution in [2.75, 3.05) is 6.54 Å². The van der Waals surface area contributed by atoms with Gasteiger partial charge in [0.05, 0.1) is 16.9 Å². The Morgan fingerprint density at radius 2 is 2.20 bits per heavy atom. The zero-order valence-electron chi connectivity index (χ0n) is 11.1. The van der Waals surface area contributed by atoms with Crippen LogP contribution in [-0.2, 0) is 6.54 Å². The molecule has 0 bridgehead atoms. The molecule has 0 spiro atoms. The monoisotopic (exact) mass is 295 g/mol. The van der Waals surface area contributed by atoms with E-state index in [9.17, 15) is 4.39 Å². The van der Waals surface area contributed by atoms with Crippen molar-refractivity contribution in [1.29, 1.82) is 0 Å². The van der Waals surface area contributed by atoms with E-state index < -0.39 is 5.82 Å². The highest BCUT2D eigenvalue weighted by atomic mass is 35.5. The molecule has 0 aliphatic rings. The van der Waals surface area contributed by atoms with Gasteiger partial charge in [-0.2, -0.15) is 0 Å². The van der Waals surface area contributed by atoms with Crippen molar-refractivity contribution in [3.8, 4) is 11.6 Å². The number of hydrogen-bond acceptors (Lipinski definition) is 4. The molecule has 1 aromatic carbocycles. The first-order valence-electron chi connectivity index (χ1n) is 6.33. The van der Waals surface area contributed by atoms with Gasteiger partial charge < -0.3 is 10.1 Å². The first kappa shape index (κ1) is 14.7. The van der Waals surface area contributed by atoms with E-state index >= 15 is 0 Å². The van der Waals surface area contributed by atoms with Crippen LogP contribution < -0.4 is 10.1 Å². The first-order chi connectivity index (χ1) is 9.69. The van der Waals surface area contributed by atoms with Gasteiger partial charge in [0.2, 0.25) is 5.88 Å². The van der Waals surface area contributed by atoms with Gasteiger partial charge in [0.15, 0.2) is 0 Å². The molecule has 0 fully saturated rings. The Kier molecular flexibility index (Phi) is 5.26. The molecule has 1 heterocycles. The molecule has 1 aromatic heterocycles. The zero-order chi connectivity index (χ0) is 14.4. The number of nitrogens with one attached hydrogen (secondary N) is 1. The molecule has 0 radical (unpaired) electrons. The lowest BCUT2D eigenvalue weighted by Crippen LogP contribution is -2.15. The van der Waals surface area contributed by atoms with Gasteiger partial charge in [0.25, 0.3) is 0 Å². The Morgan fingerprint density at radius 3 is 2.95 bits per heavy atom. The fourth-order valence-electron chi connectivity index (χ4n) is 1.58. The zero-order valence-corrected chi connectivity index (χ0v) is 11.8. The van der Waals surface area contributed by atoms with Crippen LogP contribution in [0.15, 0.2) is 30.6 Å². The summed E-state index contributed by atoms with van der Waals surface area (Å²) >= 11 is 5.69. The molecule has 2 rings (SSSR count). The molecule has 0 aliphatic carbocycles. The van der Waals surface area contributed by atoms with E-state index in [1.807, 2.05) is 0 Å². The minimum atomic E-state index is -0.484. The highest BCUT2D eigenvalue weighted by Gasteiger charge is 2.05. The van der Waals surface area contributed by atoms with Gasteiger partial charge in [-0.1, -0.05) is 18.5 Å². The number of aromatic nitrogens is 2. The minimum absolute atomic E-state index is 0.0104. The van der Waals surface area contributed by atoms with E-state index in [1.54, 1.807) is 6.20 Å². The van der Waals surface area contributed by atoms with Gasteiger partial charge in [-0.3, -0.25) is 4.98 Å². The first-order valence-corrected chi connectivity index (χ1v) is 6.71. The molecule has 1 N–H and O–H groups in total. The van der Waals surface area contributed by atoms with Gasteiger partial charge in [-0.15, -0.1) is 0 Å². The van der Waals surface area contributed by atoms with Crippen LogP contribution in [0.2, 0.25) is 5.02 Å². The third-order valence-corrected chi connectivity index (χ3v) is 2.80. The number of ether oxygens (including phenoxy) is 1. The number of hydrogen-bond donors (Lipinski definition) is 1. The average molecular weight is 296 g/mol. The number of halogens is 2. The molecule has 0 saturated heterocycles. The fraction of sp³-hybridized carbons (Fsp3) is 0.286. The van der Waals surface area contributed by atoms with E-state index in [0.29, 0.717) is 18.2 Å². The van der Waals surface area contributed by atoms with Gasteiger partial charge in [-0.25, -0.2) is 9.37 Å². The van der Waals surface area contributed by atoms with E-state index in [-0.39, 0.29) is 5.02 Å². The van der Waals surface area contributed by atoms with E-state index in [2.05, 4.69) is 22.2 Å². The average Bonchev–Trinajstić information content (AvgIpc) is 2.44.